The average molecular weight is 1240 g/mol. The maximum Gasteiger partial charge on any atom is 0.220 e. The molecule has 0 saturated carbocycles. The molecule has 88 heavy (non-hydrogen) atoms. The second-order valence-corrected chi connectivity index (χ2v) is 25.3. The molecule has 14 nitrogen and oxygen atoms in total. The number of carbonyl (C=O) groups is 1. The molecule has 14 heteroatoms. The third kappa shape index (κ3) is 41.8. The van der Waals surface area contributed by atoms with Gasteiger partial charge in [-0.25, -0.2) is 0 Å². The summed E-state index contributed by atoms with van der Waals surface area (Å²) in [6.07, 6.45) is 62.4. The first-order valence-electron chi connectivity index (χ1n) is 36.2. The summed E-state index contributed by atoms with van der Waals surface area (Å²) < 4.78 is 22.9. The highest BCUT2D eigenvalue weighted by Gasteiger charge is 2.51. The van der Waals surface area contributed by atoms with Crippen molar-refractivity contribution in [3.05, 3.63) is 72.9 Å². The van der Waals surface area contributed by atoms with Crippen LogP contribution in [0.25, 0.3) is 0 Å². The van der Waals surface area contributed by atoms with Crippen molar-refractivity contribution >= 4 is 5.91 Å². The number of nitrogens with one attached hydrogen (secondary N) is 1. The number of hydrogen-bond acceptors (Lipinski definition) is 13. The molecule has 0 aromatic rings. The molecule has 2 fully saturated rings. The average Bonchev–Trinajstić information content (AvgIpc) is 2.07. The maximum absolute atomic E-state index is 13.3. The van der Waals surface area contributed by atoms with E-state index in [0.717, 1.165) is 77.0 Å². The van der Waals surface area contributed by atoms with E-state index in [-0.39, 0.29) is 18.9 Å². The molecule has 512 valence electrons. The molecule has 0 bridgehead atoms. The predicted molar refractivity (Wildman–Crippen MR) is 360 cm³/mol. The molecule has 0 spiro atoms. The van der Waals surface area contributed by atoms with Crippen molar-refractivity contribution in [1.29, 1.82) is 0 Å². The van der Waals surface area contributed by atoms with E-state index in [1.807, 2.05) is 6.08 Å². The number of ether oxygens (including phenoxy) is 4. The summed E-state index contributed by atoms with van der Waals surface area (Å²) in [6.45, 7) is 2.72. The summed E-state index contributed by atoms with van der Waals surface area (Å²) in [5, 5.41) is 87.5. The topological polar surface area (TPSA) is 228 Å². The Morgan fingerprint density at radius 1 is 0.420 bits per heavy atom. The number of carbonyl (C=O) groups excluding carboxylic acids is 1. The highest BCUT2D eigenvalue weighted by molar-refractivity contribution is 5.76. The van der Waals surface area contributed by atoms with Gasteiger partial charge in [0.25, 0.3) is 0 Å². The number of amides is 1. The van der Waals surface area contributed by atoms with Crippen LogP contribution in [0.4, 0.5) is 0 Å². The Bertz CT molecular complexity index is 1750. The van der Waals surface area contributed by atoms with Gasteiger partial charge in [0.2, 0.25) is 5.91 Å². The molecule has 12 unspecified atom stereocenters. The van der Waals surface area contributed by atoms with Gasteiger partial charge in [-0.05, 0) is 64.2 Å². The molecule has 0 radical (unpaired) electrons. The lowest BCUT2D eigenvalue weighted by Crippen LogP contribution is -2.65. The Kier molecular flexibility index (Phi) is 54.0. The fourth-order valence-electron chi connectivity index (χ4n) is 11.7. The smallest absolute Gasteiger partial charge is 0.220 e. The number of allylic oxidation sites excluding steroid dienone is 11. The van der Waals surface area contributed by atoms with E-state index in [0.29, 0.717) is 6.42 Å². The highest BCUT2D eigenvalue weighted by Crippen LogP contribution is 2.30. The van der Waals surface area contributed by atoms with Crippen LogP contribution >= 0.6 is 0 Å². The van der Waals surface area contributed by atoms with Crippen LogP contribution in [0.15, 0.2) is 72.9 Å². The Hall–Kier alpha value is -2.57. The van der Waals surface area contributed by atoms with E-state index in [2.05, 4.69) is 79.9 Å². The van der Waals surface area contributed by atoms with Gasteiger partial charge in [0, 0.05) is 6.42 Å². The minimum atomic E-state index is -1.79. The first-order chi connectivity index (χ1) is 43.1. The van der Waals surface area contributed by atoms with Crippen LogP contribution in [-0.4, -0.2) is 140 Å². The lowest BCUT2D eigenvalue weighted by Gasteiger charge is -2.46. The van der Waals surface area contributed by atoms with Crippen LogP contribution in [-0.2, 0) is 23.7 Å². The fourth-order valence-corrected chi connectivity index (χ4v) is 11.7. The summed E-state index contributed by atoms with van der Waals surface area (Å²) in [4.78, 5) is 13.3. The number of aliphatic hydroxyl groups excluding tert-OH is 8. The predicted octanol–water partition coefficient (Wildman–Crippen LogP) is 15.0. The molecule has 2 rings (SSSR count). The number of unbranched alkanes of at least 4 members (excludes halogenated alkanes) is 36. The van der Waals surface area contributed by atoms with Crippen molar-refractivity contribution in [1.82, 2.24) is 5.32 Å². The van der Waals surface area contributed by atoms with Crippen LogP contribution in [0.3, 0.4) is 0 Å². The van der Waals surface area contributed by atoms with Gasteiger partial charge < -0.3 is 65.1 Å². The van der Waals surface area contributed by atoms with E-state index >= 15 is 0 Å². The molecular weight excluding hydrogens is 1110 g/mol. The zero-order valence-corrected chi connectivity index (χ0v) is 55.7. The van der Waals surface area contributed by atoms with Crippen LogP contribution in [0.1, 0.15) is 296 Å². The van der Waals surface area contributed by atoms with Crippen molar-refractivity contribution in [2.45, 2.75) is 370 Å². The lowest BCUT2D eigenvalue weighted by atomic mass is 9.97. The van der Waals surface area contributed by atoms with Gasteiger partial charge in [-0.1, -0.05) is 299 Å². The van der Waals surface area contributed by atoms with E-state index < -0.39 is 86.8 Å². The second-order valence-electron chi connectivity index (χ2n) is 25.3. The van der Waals surface area contributed by atoms with Crippen molar-refractivity contribution in [2.75, 3.05) is 19.8 Å². The van der Waals surface area contributed by atoms with Crippen molar-refractivity contribution in [3.63, 3.8) is 0 Å². The molecule has 2 heterocycles. The largest absolute Gasteiger partial charge is 0.394 e. The molecule has 9 N–H and O–H groups in total. The Labute approximate surface area is 536 Å². The Morgan fingerprint density at radius 3 is 1.20 bits per heavy atom. The first kappa shape index (κ1) is 81.5. The quantitative estimate of drug-likeness (QED) is 0.0204. The fraction of sp³-hybridized carbons (Fsp3) is 0.824. The van der Waals surface area contributed by atoms with Gasteiger partial charge in [-0.3, -0.25) is 4.79 Å². The Morgan fingerprint density at radius 2 is 0.784 bits per heavy atom. The first-order valence-corrected chi connectivity index (χ1v) is 36.2. The van der Waals surface area contributed by atoms with Crippen molar-refractivity contribution in [2.24, 2.45) is 0 Å². The highest BCUT2D eigenvalue weighted by atomic mass is 16.7. The number of rotatable bonds is 59. The van der Waals surface area contributed by atoms with E-state index in [4.69, 9.17) is 18.9 Å². The van der Waals surface area contributed by atoms with Crippen LogP contribution in [0, 0.1) is 0 Å². The summed E-state index contributed by atoms with van der Waals surface area (Å²) in [5.74, 6) is -0.245. The molecule has 2 aliphatic rings. The summed E-state index contributed by atoms with van der Waals surface area (Å²) in [5.41, 5.74) is 0. The van der Waals surface area contributed by atoms with Crippen molar-refractivity contribution < 1.29 is 64.6 Å². The summed E-state index contributed by atoms with van der Waals surface area (Å²) in [6, 6.07) is -0.924. The van der Waals surface area contributed by atoms with Gasteiger partial charge in [-0.2, -0.15) is 0 Å². The van der Waals surface area contributed by atoms with Crippen LogP contribution in [0.5, 0.6) is 0 Å². The molecule has 0 aromatic carbocycles. The third-order valence-corrected chi connectivity index (χ3v) is 17.4. The van der Waals surface area contributed by atoms with E-state index in [9.17, 15) is 45.6 Å². The molecule has 12 atom stereocenters. The van der Waals surface area contributed by atoms with E-state index in [1.54, 1.807) is 6.08 Å². The SMILES string of the molecule is CC/C=C\C/C=C\C/C=C\C/C=C\C/C=C\CCCCCCCCCCCC(=O)NC(COC1OC(CO)C(OC2OC(CO)C(O)C(O)C2O)C(O)C1O)C(O)/C=C/CCCCCCCCCCCCCCCCCCCCCCCCCCCCC. The standard InChI is InChI=1S/C74H133NO13/c1-3-5-7-9-11-13-15-17-19-21-23-25-27-29-30-31-32-34-35-37-39-41-43-45-47-49-51-53-55-57-63(78)62(61-85-73-71(84)69(82)72(65(60-77)87-73)88-74-70(83)68(81)67(80)64(59-76)86-74)75-66(79)58-56-54-52-50-48-46-44-42-40-38-36-33-28-26-24-22-20-18-16-14-12-10-8-6-4-2/h6,8,12,14,18,20,24,26,33,36,55,57,62-65,67-74,76-78,80-84H,3-5,7,9-11,13,15-17,19,21-23,25,27-32,34-35,37-54,56,58-61H2,1-2H3,(H,75,79)/b8-6-,14-12-,20-18-,26-24-,36-33-,57-55+. The normalized spacial score (nSPS) is 23.6. The molecule has 2 aliphatic heterocycles. The molecule has 2 saturated heterocycles. The molecular formula is C74H133NO13. The number of hydrogen-bond donors (Lipinski definition) is 9. The van der Waals surface area contributed by atoms with Crippen LogP contribution in [0.2, 0.25) is 0 Å². The van der Waals surface area contributed by atoms with Gasteiger partial charge in [0.15, 0.2) is 12.6 Å². The van der Waals surface area contributed by atoms with Gasteiger partial charge >= 0.3 is 0 Å². The number of aliphatic hydroxyl groups is 8. The summed E-state index contributed by atoms with van der Waals surface area (Å²) >= 11 is 0. The third-order valence-electron chi connectivity index (χ3n) is 17.4. The maximum atomic E-state index is 13.3. The zero-order chi connectivity index (χ0) is 63.8. The van der Waals surface area contributed by atoms with Gasteiger partial charge in [0.1, 0.15) is 48.8 Å². The minimum Gasteiger partial charge on any atom is -0.394 e. The zero-order valence-electron chi connectivity index (χ0n) is 55.7. The van der Waals surface area contributed by atoms with Crippen molar-refractivity contribution in [3.8, 4) is 0 Å². The van der Waals surface area contributed by atoms with Gasteiger partial charge in [-0.15, -0.1) is 0 Å². The molecule has 1 amide bonds. The van der Waals surface area contributed by atoms with Gasteiger partial charge in [0.05, 0.1) is 32.0 Å². The molecule has 0 aromatic heterocycles. The van der Waals surface area contributed by atoms with Crippen LogP contribution < -0.4 is 5.32 Å². The second kappa shape index (κ2) is 58.3. The van der Waals surface area contributed by atoms with E-state index in [1.165, 1.54) is 193 Å². The lowest BCUT2D eigenvalue weighted by molar-refractivity contribution is -0.359. The minimum absolute atomic E-state index is 0.245. The Balaban J connectivity index is 1.68. The molecule has 0 aliphatic carbocycles. The summed E-state index contributed by atoms with van der Waals surface area (Å²) in [7, 11) is 0. The monoisotopic (exact) mass is 1240 g/mol.